The Morgan fingerprint density at radius 3 is 1.35 bits per heavy atom. The fraction of sp³-hybridized carbons (Fsp3) is 0. The van der Waals surface area contributed by atoms with E-state index >= 15 is 0 Å². The van der Waals surface area contributed by atoms with Crippen LogP contribution < -0.4 is 11.5 Å². The maximum Gasteiger partial charge on any atom is 0.220 e. The minimum atomic E-state index is 0.259. The van der Waals surface area contributed by atoms with Gasteiger partial charge in [0.2, 0.25) is 11.9 Å². The zero-order chi connectivity index (χ0) is 13.9. The summed E-state index contributed by atoms with van der Waals surface area (Å²) in [4.78, 5) is 16.1. The summed E-state index contributed by atoms with van der Waals surface area (Å²) in [6.45, 7) is 0. The smallest absolute Gasteiger partial charge is 0.220 e. The highest BCUT2D eigenvalue weighted by Crippen LogP contribution is 2.22. The van der Waals surface area contributed by atoms with Crippen molar-refractivity contribution in [3.05, 3.63) is 48.8 Å². The molecule has 3 aromatic rings. The van der Waals surface area contributed by atoms with Gasteiger partial charge in [0.05, 0.1) is 11.4 Å². The van der Waals surface area contributed by atoms with E-state index in [0.29, 0.717) is 0 Å². The molecule has 20 heavy (non-hydrogen) atoms. The van der Waals surface area contributed by atoms with Gasteiger partial charge in [0.15, 0.2) is 0 Å². The molecule has 98 valence electrons. The first-order valence-corrected chi connectivity index (χ1v) is 6.00. The molecular formula is C14H12N6. The molecule has 0 radical (unpaired) electrons. The Morgan fingerprint density at radius 1 is 0.600 bits per heavy atom. The molecule has 6 nitrogen and oxygen atoms in total. The first-order valence-electron chi connectivity index (χ1n) is 6.00. The van der Waals surface area contributed by atoms with E-state index in [0.717, 1.165) is 22.5 Å². The molecule has 3 rings (SSSR count). The number of nitrogens with zero attached hydrogens (tertiary/aromatic N) is 4. The lowest BCUT2D eigenvalue weighted by molar-refractivity contribution is 1.18. The maximum atomic E-state index is 5.58. The number of benzene rings is 1. The third-order valence-electron chi connectivity index (χ3n) is 2.82. The van der Waals surface area contributed by atoms with Crippen LogP contribution in [0.15, 0.2) is 48.8 Å². The van der Waals surface area contributed by atoms with Crippen LogP contribution in [-0.4, -0.2) is 19.9 Å². The molecule has 0 saturated heterocycles. The van der Waals surface area contributed by atoms with E-state index in [9.17, 15) is 0 Å². The molecule has 0 fully saturated rings. The molecule has 0 atom stereocenters. The molecule has 1 aromatic carbocycles. The highest BCUT2D eigenvalue weighted by molar-refractivity contribution is 5.67. The quantitative estimate of drug-likeness (QED) is 0.731. The second-order valence-corrected chi connectivity index (χ2v) is 4.18. The number of anilines is 2. The first kappa shape index (κ1) is 12.0. The van der Waals surface area contributed by atoms with Crippen molar-refractivity contribution in [3.8, 4) is 22.5 Å². The molecule has 2 aromatic heterocycles. The van der Waals surface area contributed by atoms with Gasteiger partial charge < -0.3 is 11.5 Å². The average molecular weight is 264 g/mol. The third-order valence-corrected chi connectivity index (χ3v) is 2.82. The van der Waals surface area contributed by atoms with E-state index in [1.165, 1.54) is 0 Å². The molecule has 0 amide bonds. The van der Waals surface area contributed by atoms with Gasteiger partial charge in [0, 0.05) is 23.5 Å². The van der Waals surface area contributed by atoms with Crippen LogP contribution in [0.5, 0.6) is 0 Å². The van der Waals surface area contributed by atoms with Gasteiger partial charge in [-0.2, -0.15) is 0 Å². The van der Waals surface area contributed by atoms with Gasteiger partial charge in [-0.05, 0) is 12.1 Å². The van der Waals surface area contributed by atoms with Crippen LogP contribution in [-0.2, 0) is 0 Å². The Bertz CT molecular complexity index is 674. The summed E-state index contributed by atoms with van der Waals surface area (Å²) in [5, 5.41) is 0. The summed E-state index contributed by atoms with van der Waals surface area (Å²) >= 11 is 0. The number of aromatic nitrogens is 4. The number of nitrogen functional groups attached to an aromatic ring is 2. The van der Waals surface area contributed by atoms with Gasteiger partial charge in [-0.1, -0.05) is 24.3 Å². The molecule has 4 N–H and O–H groups in total. The van der Waals surface area contributed by atoms with Crippen LogP contribution in [0.25, 0.3) is 22.5 Å². The third kappa shape index (κ3) is 2.39. The van der Waals surface area contributed by atoms with Crippen molar-refractivity contribution in [2.75, 3.05) is 11.5 Å². The molecule has 0 unspecified atom stereocenters. The summed E-state index contributed by atoms with van der Waals surface area (Å²) in [5.74, 6) is 0.519. The van der Waals surface area contributed by atoms with Gasteiger partial charge in [0.1, 0.15) is 0 Å². The number of rotatable bonds is 2. The largest absolute Gasteiger partial charge is 0.368 e. The number of hydrogen-bond donors (Lipinski definition) is 2. The van der Waals surface area contributed by atoms with Crippen LogP contribution in [0.2, 0.25) is 0 Å². The van der Waals surface area contributed by atoms with E-state index < -0.39 is 0 Å². The van der Waals surface area contributed by atoms with E-state index in [1.54, 1.807) is 12.4 Å². The minimum absolute atomic E-state index is 0.259. The molecule has 0 aliphatic carbocycles. The molecule has 0 aliphatic heterocycles. The zero-order valence-corrected chi connectivity index (χ0v) is 10.6. The maximum absolute atomic E-state index is 5.58. The van der Waals surface area contributed by atoms with Crippen molar-refractivity contribution in [1.29, 1.82) is 0 Å². The topological polar surface area (TPSA) is 104 Å². The highest BCUT2D eigenvalue weighted by atomic mass is 15.0. The highest BCUT2D eigenvalue weighted by Gasteiger charge is 2.03. The number of nitrogens with two attached hydrogens (primary N) is 2. The summed E-state index contributed by atoms with van der Waals surface area (Å²) in [6.07, 6.45) is 3.27. The second kappa shape index (κ2) is 4.93. The predicted octanol–water partition coefficient (Wildman–Crippen LogP) is 1.76. The first-order chi connectivity index (χ1) is 9.72. The molecule has 2 heterocycles. The van der Waals surface area contributed by atoms with Crippen molar-refractivity contribution in [2.45, 2.75) is 0 Å². The molecule has 0 bridgehead atoms. The van der Waals surface area contributed by atoms with E-state index in [-0.39, 0.29) is 11.9 Å². The molecular weight excluding hydrogens is 252 g/mol. The van der Waals surface area contributed by atoms with Crippen molar-refractivity contribution >= 4 is 11.9 Å². The number of hydrogen-bond acceptors (Lipinski definition) is 6. The predicted molar refractivity (Wildman–Crippen MR) is 77.3 cm³/mol. The monoisotopic (exact) mass is 264 g/mol. The SMILES string of the molecule is Nc1nccc(-c2ccc(-c3ccnc(N)n3)cc2)n1. The molecule has 0 saturated carbocycles. The van der Waals surface area contributed by atoms with Crippen molar-refractivity contribution in [3.63, 3.8) is 0 Å². The van der Waals surface area contributed by atoms with Gasteiger partial charge in [-0.3, -0.25) is 0 Å². The Balaban J connectivity index is 1.96. The minimum Gasteiger partial charge on any atom is -0.368 e. The Hall–Kier alpha value is -3.02. The summed E-state index contributed by atoms with van der Waals surface area (Å²) < 4.78 is 0. The summed E-state index contributed by atoms with van der Waals surface area (Å²) in [7, 11) is 0. The zero-order valence-electron chi connectivity index (χ0n) is 10.6. The standard InChI is InChI=1S/C14H12N6/c15-13-17-7-5-11(19-13)9-1-2-10(4-3-9)12-6-8-18-14(16)20-12/h1-8H,(H2,15,17,19)(H2,16,18,20). The van der Waals surface area contributed by atoms with E-state index in [2.05, 4.69) is 19.9 Å². The molecule has 6 heteroatoms. The Kier molecular flexibility index (Phi) is 2.96. The van der Waals surface area contributed by atoms with Gasteiger partial charge in [-0.25, -0.2) is 19.9 Å². The van der Waals surface area contributed by atoms with Gasteiger partial charge >= 0.3 is 0 Å². The Morgan fingerprint density at radius 2 is 1.00 bits per heavy atom. The van der Waals surface area contributed by atoms with E-state index in [1.807, 2.05) is 36.4 Å². The summed E-state index contributed by atoms with van der Waals surface area (Å²) in [5.41, 5.74) is 14.7. The fourth-order valence-corrected chi connectivity index (χ4v) is 1.88. The van der Waals surface area contributed by atoms with Crippen LogP contribution in [0.3, 0.4) is 0 Å². The van der Waals surface area contributed by atoms with Crippen LogP contribution >= 0.6 is 0 Å². The van der Waals surface area contributed by atoms with Crippen LogP contribution in [0.1, 0.15) is 0 Å². The van der Waals surface area contributed by atoms with Crippen molar-refractivity contribution in [1.82, 2.24) is 19.9 Å². The van der Waals surface area contributed by atoms with Crippen molar-refractivity contribution < 1.29 is 0 Å². The normalized spacial score (nSPS) is 10.4. The molecule has 0 aliphatic rings. The van der Waals surface area contributed by atoms with Gasteiger partial charge in [-0.15, -0.1) is 0 Å². The Labute approximate surface area is 115 Å². The second-order valence-electron chi connectivity index (χ2n) is 4.18. The lowest BCUT2D eigenvalue weighted by Gasteiger charge is -2.04. The summed E-state index contributed by atoms with van der Waals surface area (Å²) in [6, 6.07) is 11.4. The molecule has 0 spiro atoms. The van der Waals surface area contributed by atoms with Crippen molar-refractivity contribution in [2.24, 2.45) is 0 Å². The fourth-order valence-electron chi connectivity index (χ4n) is 1.88. The van der Waals surface area contributed by atoms with E-state index in [4.69, 9.17) is 11.5 Å². The van der Waals surface area contributed by atoms with Crippen LogP contribution in [0, 0.1) is 0 Å². The van der Waals surface area contributed by atoms with Gasteiger partial charge in [0.25, 0.3) is 0 Å². The average Bonchev–Trinajstić information content (AvgIpc) is 2.47. The lowest BCUT2D eigenvalue weighted by Crippen LogP contribution is -1.96. The van der Waals surface area contributed by atoms with Crippen LogP contribution in [0.4, 0.5) is 11.9 Å². The lowest BCUT2D eigenvalue weighted by atomic mass is 10.1.